The summed E-state index contributed by atoms with van der Waals surface area (Å²) in [6.45, 7) is 0.344. The van der Waals surface area contributed by atoms with Crippen molar-refractivity contribution in [1.82, 2.24) is 5.32 Å². The van der Waals surface area contributed by atoms with Crippen LogP contribution in [-0.2, 0) is 16.0 Å². The summed E-state index contributed by atoms with van der Waals surface area (Å²) in [4.78, 5) is 22.1. The first kappa shape index (κ1) is 12.2. The molecule has 4 N–H and O–H groups in total. The van der Waals surface area contributed by atoms with Crippen LogP contribution < -0.4 is 16.4 Å². The van der Waals surface area contributed by atoms with Gasteiger partial charge in [-0.3, -0.25) is 4.79 Å². The van der Waals surface area contributed by atoms with Crippen LogP contribution in [0.5, 0.6) is 0 Å². The Balaban J connectivity index is 1.77. The molecule has 0 spiro atoms. The van der Waals surface area contributed by atoms with Crippen molar-refractivity contribution < 1.29 is 14.3 Å². The van der Waals surface area contributed by atoms with Gasteiger partial charge in [0.05, 0.1) is 6.54 Å². The first-order valence-corrected chi connectivity index (χ1v) is 5.71. The van der Waals surface area contributed by atoms with Gasteiger partial charge in [0.25, 0.3) is 0 Å². The van der Waals surface area contributed by atoms with Crippen LogP contribution in [0.4, 0.5) is 10.5 Å². The van der Waals surface area contributed by atoms with Gasteiger partial charge < -0.3 is 21.1 Å². The maximum absolute atomic E-state index is 11.8. The van der Waals surface area contributed by atoms with E-state index in [9.17, 15) is 9.59 Å². The second-order valence-corrected chi connectivity index (χ2v) is 4.02. The average molecular weight is 249 g/mol. The number of hydrogen-bond donors (Lipinski definition) is 3. The summed E-state index contributed by atoms with van der Waals surface area (Å²) in [5, 5.41) is 5.82. The maximum Gasteiger partial charge on any atom is 0.404 e. The van der Waals surface area contributed by atoms with E-state index in [0.717, 1.165) is 11.3 Å². The number of ether oxygens (including phenoxy) is 1. The first-order valence-electron chi connectivity index (χ1n) is 5.71. The predicted octanol–water partition coefficient (Wildman–Crippen LogP) is 0.235. The number of hydrogen-bond acceptors (Lipinski definition) is 4. The summed E-state index contributed by atoms with van der Waals surface area (Å²) in [5.74, 6) is -0.112. The zero-order chi connectivity index (χ0) is 13.0. The second-order valence-electron chi connectivity index (χ2n) is 4.02. The predicted molar refractivity (Wildman–Crippen MR) is 66.1 cm³/mol. The molecule has 6 nitrogen and oxygen atoms in total. The zero-order valence-electron chi connectivity index (χ0n) is 9.81. The molecular formula is C12H15N3O3. The van der Waals surface area contributed by atoms with E-state index >= 15 is 0 Å². The number of rotatable bonds is 4. The fourth-order valence-electron chi connectivity index (χ4n) is 1.91. The molecule has 1 unspecified atom stereocenters. The normalized spacial score (nSPS) is 16.6. The van der Waals surface area contributed by atoms with Crippen molar-refractivity contribution in [3.05, 3.63) is 29.8 Å². The molecular weight excluding hydrogens is 234 g/mol. The van der Waals surface area contributed by atoms with Crippen molar-refractivity contribution in [2.75, 3.05) is 18.5 Å². The molecule has 2 amide bonds. The summed E-state index contributed by atoms with van der Waals surface area (Å²) in [6.07, 6.45) is -0.172. The summed E-state index contributed by atoms with van der Waals surface area (Å²) in [6, 6.07) is 7.54. The number of fused-ring (bicyclic) bond motifs is 1. The van der Waals surface area contributed by atoms with E-state index in [1.807, 2.05) is 24.3 Å². The molecule has 0 radical (unpaired) electrons. The molecule has 18 heavy (non-hydrogen) atoms. The third-order valence-electron chi connectivity index (χ3n) is 2.73. The van der Waals surface area contributed by atoms with E-state index in [1.54, 1.807) is 0 Å². The van der Waals surface area contributed by atoms with Crippen molar-refractivity contribution >= 4 is 17.7 Å². The fraction of sp³-hybridized carbons (Fsp3) is 0.333. The number of benzene rings is 1. The largest absolute Gasteiger partial charge is 0.448 e. The van der Waals surface area contributed by atoms with Crippen molar-refractivity contribution in [3.8, 4) is 0 Å². The number of carbonyl (C=O) groups is 2. The highest BCUT2D eigenvalue weighted by molar-refractivity contribution is 5.87. The van der Waals surface area contributed by atoms with Gasteiger partial charge in [-0.15, -0.1) is 0 Å². The van der Waals surface area contributed by atoms with Gasteiger partial charge in [0.1, 0.15) is 12.6 Å². The molecule has 1 aliphatic heterocycles. The molecule has 1 aromatic carbocycles. The minimum absolute atomic E-state index is 0.0841. The molecule has 0 aliphatic carbocycles. The highest BCUT2D eigenvalue weighted by Crippen LogP contribution is 2.24. The topological polar surface area (TPSA) is 93.5 Å². The Labute approximate surface area is 104 Å². The standard InChI is InChI=1S/C12H15N3O3/c13-12(17)18-6-5-14-11(16)10-7-8-3-1-2-4-9(8)15-10/h1-4,10,15H,5-7H2,(H2,13,17)(H,14,16). The molecule has 0 saturated heterocycles. The van der Waals surface area contributed by atoms with Crippen LogP contribution >= 0.6 is 0 Å². The number of primary amides is 1. The number of anilines is 1. The lowest BCUT2D eigenvalue weighted by Gasteiger charge is -2.11. The van der Waals surface area contributed by atoms with E-state index in [0.29, 0.717) is 6.42 Å². The molecule has 6 heteroatoms. The highest BCUT2D eigenvalue weighted by Gasteiger charge is 2.25. The second kappa shape index (κ2) is 5.39. The van der Waals surface area contributed by atoms with Gasteiger partial charge in [-0.2, -0.15) is 0 Å². The number of amides is 2. The third kappa shape index (κ3) is 2.91. The van der Waals surface area contributed by atoms with Crippen LogP contribution in [0.3, 0.4) is 0 Å². The van der Waals surface area contributed by atoms with Crippen LogP contribution in [0.15, 0.2) is 24.3 Å². The average Bonchev–Trinajstić information content (AvgIpc) is 2.78. The van der Waals surface area contributed by atoms with Crippen LogP contribution in [0.25, 0.3) is 0 Å². The van der Waals surface area contributed by atoms with E-state index in [-0.39, 0.29) is 25.1 Å². The van der Waals surface area contributed by atoms with Crippen LogP contribution in [0.2, 0.25) is 0 Å². The molecule has 0 saturated carbocycles. The van der Waals surface area contributed by atoms with Crippen LogP contribution in [0, 0.1) is 0 Å². The first-order chi connectivity index (χ1) is 8.66. The fourth-order valence-corrected chi connectivity index (χ4v) is 1.91. The van der Waals surface area contributed by atoms with Gasteiger partial charge in [0, 0.05) is 12.1 Å². The van der Waals surface area contributed by atoms with E-state index in [4.69, 9.17) is 5.73 Å². The molecule has 2 rings (SSSR count). The van der Waals surface area contributed by atoms with Gasteiger partial charge in [-0.25, -0.2) is 4.79 Å². The lowest BCUT2D eigenvalue weighted by atomic mass is 10.1. The smallest absolute Gasteiger partial charge is 0.404 e. The third-order valence-corrected chi connectivity index (χ3v) is 2.73. The number of nitrogens with two attached hydrogens (primary N) is 1. The molecule has 0 aromatic heterocycles. The highest BCUT2D eigenvalue weighted by atomic mass is 16.5. The molecule has 0 bridgehead atoms. The minimum atomic E-state index is -0.837. The molecule has 0 fully saturated rings. The van der Waals surface area contributed by atoms with Gasteiger partial charge >= 0.3 is 6.09 Å². The van der Waals surface area contributed by atoms with Crippen molar-refractivity contribution in [3.63, 3.8) is 0 Å². The van der Waals surface area contributed by atoms with E-state index in [2.05, 4.69) is 15.4 Å². The molecule has 1 aromatic rings. The number of carbonyl (C=O) groups excluding carboxylic acids is 2. The Kier molecular flexibility index (Phi) is 3.66. The van der Waals surface area contributed by atoms with Crippen LogP contribution in [-0.4, -0.2) is 31.2 Å². The lowest BCUT2D eigenvalue weighted by Crippen LogP contribution is -2.40. The zero-order valence-corrected chi connectivity index (χ0v) is 9.81. The number of nitrogens with one attached hydrogen (secondary N) is 2. The quantitative estimate of drug-likeness (QED) is 0.666. The van der Waals surface area contributed by atoms with Gasteiger partial charge in [-0.1, -0.05) is 18.2 Å². The summed E-state index contributed by atoms with van der Waals surface area (Å²) in [5.41, 5.74) is 6.93. The Morgan fingerprint density at radius 1 is 1.44 bits per heavy atom. The van der Waals surface area contributed by atoms with E-state index in [1.165, 1.54) is 0 Å². The molecule has 1 heterocycles. The van der Waals surface area contributed by atoms with Crippen molar-refractivity contribution in [2.45, 2.75) is 12.5 Å². The number of para-hydroxylation sites is 1. The Hall–Kier alpha value is -2.24. The summed E-state index contributed by atoms with van der Waals surface area (Å²) < 4.78 is 4.52. The lowest BCUT2D eigenvalue weighted by molar-refractivity contribution is -0.121. The monoisotopic (exact) mass is 249 g/mol. The van der Waals surface area contributed by atoms with Gasteiger partial charge in [0.15, 0.2) is 0 Å². The summed E-state index contributed by atoms with van der Waals surface area (Å²) >= 11 is 0. The SMILES string of the molecule is NC(=O)OCCNC(=O)C1Cc2ccccc2N1. The van der Waals surface area contributed by atoms with Crippen molar-refractivity contribution in [2.24, 2.45) is 5.73 Å². The Morgan fingerprint density at radius 2 is 2.22 bits per heavy atom. The van der Waals surface area contributed by atoms with Crippen LogP contribution in [0.1, 0.15) is 5.56 Å². The van der Waals surface area contributed by atoms with Gasteiger partial charge in [-0.05, 0) is 11.6 Å². The molecule has 1 aliphatic rings. The van der Waals surface area contributed by atoms with E-state index < -0.39 is 6.09 Å². The maximum atomic E-state index is 11.8. The van der Waals surface area contributed by atoms with Crippen molar-refractivity contribution in [1.29, 1.82) is 0 Å². The summed E-state index contributed by atoms with van der Waals surface area (Å²) in [7, 11) is 0. The molecule has 96 valence electrons. The Bertz CT molecular complexity index is 437. The molecule has 1 atom stereocenters. The minimum Gasteiger partial charge on any atom is -0.448 e. The Morgan fingerprint density at radius 3 is 2.94 bits per heavy atom. The van der Waals surface area contributed by atoms with Gasteiger partial charge in [0.2, 0.25) is 5.91 Å².